The predicted molar refractivity (Wildman–Crippen MR) is 588 cm³/mol. The van der Waals surface area contributed by atoms with Crippen molar-refractivity contribution in [2.45, 2.75) is 274 Å². The number of halogens is 6. The number of amides is 8. The molecule has 0 radical (unpaired) electrons. The fourth-order valence-electron chi connectivity index (χ4n) is 7.71. The van der Waals surface area contributed by atoms with Gasteiger partial charge in [0, 0.05) is 41.0 Å². The first-order valence-electron chi connectivity index (χ1n) is 48.5. The average molecular weight is 2000 g/mol. The number of ketones is 6. The third kappa shape index (κ3) is 88.3. The summed E-state index contributed by atoms with van der Waals surface area (Å²) in [4.78, 5) is 152. The van der Waals surface area contributed by atoms with Gasteiger partial charge < -0.3 is 28.8 Å². The van der Waals surface area contributed by atoms with Crippen molar-refractivity contribution in [3.8, 4) is 0 Å². The van der Waals surface area contributed by atoms with Crippen molar-refractivity contribution < 1.29 is 93.5 Å². The Balaban J connectivity index is -0.000000103. The summed E-state index contributed by atoms with van der Waals surface area (Å²) in [6, 6.07) is 99.4. The molecule has 10 aromatic rings. The van der Waals surface area contributed by atoms with Crippen LogP contribution in [0.15, 0.2) is 315 Å². The van der Waals surface area contributed by atoms with Crippen LogP contribution in [-0.4, -0.2) is 142 Å². The van der Waals surface area contributed by atoms with Gasteiger partial charge in [0.25, 0.3) is 47.3 Å². The summed E-state index contributed by atoms with van der Waals surface area (Å²) in [5, 5.41) is 0. The van der Waals surface area contributed by atoms with Gasteiger partial charge in [-0.05, 0) is 132 Å². The van der Waals surface area contributed by atoms with E-state index in [9.17, 15) is 93.5 Å². The van der Waals surface area contributed by atoms with Crippen molar-refractivity contribution in [3.05, 3.63) is 360 Å². The summed E-state index contributed by atoms with van der Waals surface area (Å²) in [6.45, 7) is 63.3. The molecule has 4 heterocycles. The molecule has 0 bridgehead atoms. The maximum atomic E-state index is 11.6. The molecule has 18 nitrogen and oxygen atoms in total. The van der Waals surface area contributed by atoms with Crippen molar-refractivity contribution in [2.75, 3.05) is 28.2 Å². The molecule has 0 unspecified atom stereocenters. The molecule has 10 aromatic carbocycles. The molecular formula is C119H176F6N4O14. The molecule has 0 fully saturated rings. The molecule has 4 aliphatic heterocycles. The van der Waals surface area contributed by atoms with Crippen molar-refractivity contribution in [3.63, 3.8) is 0 Å². The van der Waals surface area contributed by atoms with Crippen LogP contribution in [0.4, 0.5) is 26.3 Å². The number of hydrogen-bond donors (Lipinski definition) is 0. The standard InChI is InChI=1S/4C9H7NO2.6C6H6.C5H6F6.2C4H8O.4C3H6O.11C2H6/c4*1-10-8(11)6-4-2-3-5-7(6)9(10)12;6*1-2-4-6-5-3-1;1-3(2,4(6,7)8)5(9,10)11;2*1-3-4(2)5;4*1-3(2)4;11*1-2/h4*2-5H,1H3;6*1-6H;1-2H3;2*3H2,1-2H3;4*1-2H3;11*1-2H3. The molecule has 8 amide bonds. The monoisotopic (exact) mass is 2000 g/mol. The van der Waals surface area contributed by atoms with Gasteiger partial charge in [-0.25, -0.2) is 0 Å². The van der Waals surface area contributed by atoms with Gasteiger partial charge in [-0.1, -0.05) is 433 Å². The Morgan fingerprint density at radius 3 is 0.294 bits per heavy atom. The lowest BCUT2D eigenvalue weighted by Gasteiger charge is -2.29. The normalized spacial score (nSPS) is 10.0. The van der Waals surface area contributed by atoms with Gasteiger partial charge in [0.2, 0.25) is 0 Å². The SMILES string of the molecule is CC.CC.CC.CC.CC.CC.CC.CC.CC.CC.CC.CC(C)(C(F)(F)F)C(F)(F)F.CC(C)=O.CC(C)=O.CC(C)=O.CC(C)=O.CCC(C)=O.CCC(C)=O.CN1C(=O)c2ccccc2C1=O.CN1C(=O)c2ccccc2C1=O.CN1C(=O)c2ccccc2C1=O.CN1C(=O)c2ccccc2C1=O.c1ccccc1.c1ccccc1.c1ccccc1.c1ccccc1.c1ccccc1.c1ccccc1. The molecule has 798 valence electrons. The van der Waals surface area contributed by atoms with Crippen LogP contribution in [0.5, 0.6) is 0 Å². The van der Waals surface area contributed by atoms with Crippen LogP contribution in [0, 0.1) is 5.41 Å². The number of carbonyl (C=O) groups excluding carboxylic acids is 14. The highest BCUT2D eigenvalue weighted by molar-refractivity contribution is 6.23. The lowest BCUT2D eigenvalue weighted by Crippen LogP contribution is -2.44. The summed E-state index contributed by atoms with van der Waals surface area (Å²) in [5.74, 6) is -0.523. The number of Topliss-reactive ketones (excluding diaryl/α,β-unsaturated/α-hetero) is 6. The van der Waals surface area contributed by atoms with E-state index >= 15 is 0 Å². The van der Waals surface area contributed by atoms with E-state index in [-0.39, 0.29) is 95.8 Å². The highest BCUT2D eigenvalue weighted by Crippen LogP contribution is 2.49. The van der Waals surface area contributed by atoms with Crippen LogP contribution in [0.3, 0.4) is 0 Å². The number of hydrogen-bond acceptors (Lipinski definition) is 14. The lowest BCUT2D eigenvalue weighted by molar-refractivity contribution is -0.327. The van der Waals surface area contributed by atoms with Crippen molar-refractivity contribution in [1.29, 1.82) is 0 Å². The topological polar surface area (TPSA) is 252 Å². The number of rotatable bonds is 2. The van der Waals surface area contributed by atoms with E-state index in [2.05, 4.69) is 0 Å². The highest BCUT2D eigenvalue weighted by atomic mass is 19.4. The zero-order chi connectivity index (χ0) is 115. The number of alkyl halides is 6. The van der Waals surface area contributed by atoms with Gasteiger partial charge >= 0.3 is 12.4 Å². The van der Waals surface area contributed by atoms with Gasteiger partial charge in [0.1, 0.15) is 34.7 Å². The maximum absolute atomic E-state index is 11.6. The van der Waals surface area contributed by atoms with Crippen LogP contribution < -0.4 is 0 Å². The number of fused-ring (bicyclic) bond motifs is 4. The third-order valence-corrected chi connectivity index (χ3v) is 14.4. The molecule has 0 spiro atoms. The van der Waals surface area contributed by atoms with Gasteiger partial charge in [0.05, 0.1) is 44.5 Å². The smallest absolute Gasteiger partial charge is 0.300 e. The van der Waals surface area contributed by atoms with Crippen LogP contribution in [0.25, 0.3) is 0 Å². The molecule has 0 saturated heterocycles. The van der Waals surface area contributed by atoms with Crippen molar-refractivity contribution in [1.82, 2.24) is 19.6 Å². The molecule has 4 aliphatic rings. The molecular weight excluding hydrogens is 1820 g/mol. The first-order chi connectivity index (χ1) is 67.8. The number of carbonyl (C=O) groups is 14. The highest BCUT2D eigenvalue weighted by Gasteiger charge is 2.64. The van der Waals surface area contributed by atoms with Crippen LogP contribution in [0.1, 0.15) is 345 Å². The van der Waals surface area contributed by atoms with E-state index in [1.54, 1.807) is 111 Å². The van der Waals surface area contributed by atoms with Gasteiger partial charge in [-0.15, -0.1) is 0 Å². The Morgan fingerprint density at radius 2 is 0.252 bits per heavy atom. The largest absolute Gasteiger partial charge is 0.402 e. The van der Waals surface area contributed by atoms with Crippen molar-refractivity contribution in [2.24, 2.45) is 5.41 Å². The van der Waals surface area contributed by atoms with E-state index in [0.29, 0.717) is 57.3 Å². The van der Waals surface area contributed by atoms with E-state index in [0.717, 1.165) is 19.6 Å². The van der Waals surface area contributed by atoms with Crippen LogP contribution in [0.2, 0.25) is 0 Å². The minimum absolute atomic E-state index is 0.104. The summed E-state index contributed by atoms with van der Waals surface area (Å²) in [7, 11) is 5.96. The molecule has 143 heavy (non-hydrogen) atoms. The Labute approximate surface area is 858 Å². The van der Waals surface area contributed by atoms with E-state index in [4.69, 9.17) is 0 Å². The van der Waals surface area contributed by atoms with E-state index in [1.807, 2.05) is 385 Å². The molecule has 14 rings (SSSR count). The molecule has 24 heteroatoms. The Morgan fingerprint density at radius 1 is 0.189 bits per heavy atom. The lowest BCUT2D eigenvalue weighted by atomic mass is 9.92. The number of imide groups is 4. The minimum atomic E-state index is -5.24. The Hall–Kier alpha value is -13.6. The van der Waals surface area contributed by atoms with Crippen LogP contribution in [-0.2, 0) is 28.8 Å². The molecule has 0 aliphatic carbocycles. The van der Waals surface area contributed by atoms with Gasteiger partial charge in [-0.2, -0.15) is 26.3 Å². The first kappa shape index (κ1) is 160. The van der Waals surface area contributed by atoms with Gasteiger partial charge in [-0.3, -0.25) is 58.0 Å². The van der Waals surface area contributed by atoms with Crippen LogP contribution >= 0.6 is 0 Å². The average Bonchev–Trinajstić information content (AvgIpc) is 1.63. The zero-order valence-electron chi connectivity index (χ0n) is 93.7. The van der Waals surface area contributed by atoms with Gasteiger partial charge in [0.15, 0.2) is 5.41 Å². The predicted octanol–water partition coefficient (Wildman–Crippen LogP) is 32.5. The maximum Gasteiger partial charge on any atom is 0.402 e. The Bertz CT molecular complexity index is 3780. The fraction of sp³-hybridized carbons (Fsp3) is 0.378. The summed E-state index contributed by atoms with van der Waals surface area (Å²) in [5.41, 5.74) is 0.412. The number of benzene rings is 10. The molecule has 0 N–H and O–H groups in total. The third-order valence-electron chi connectivity index (χ3n) is 14.4. The minimum Gasteiger partial charge on any atom is -0.300 e. The quantitative estimate of drug-likeness (QED) is 0.115. The summed E-state index contributed by atoms with van der Waals surface area (Å²) < 4.78 is 69.7. The first-order valence-corrected chi connectivity index (χ1v) is 48.5. The number of nitrogens with zero attached hydrogens (tertiary/aromatic N) is 4. The Kier molecular flexibility index (Phi) is 125. The second-order valence-electron chi connectivity index (χ2n) is 26.2. The second kappa shape index (κ2) is 112. The van der Waals surface area contributed by atoms with E-state index < -0.39 is 17.8 Å². The molecule has 0 saturated carbocycles. The van der Waals surface area contributed by atoms with Crippen molar-refractivity contribution >= 4 is 82.0 Å². The zero-order valence-corrected chi connectivity index (χ0v) is 93.7. The summed E-state index contributed by atoms with van der Waals surface area (Å²) in [6.07, 6.45) is -9.16. The molecule has 0 atom stereocenters. The van der Waals surface area contributed by atoms with E-state index in [1.165, 1.54) is 83.6 Å². The fourth-order valence-corrected chi connectivity index (χ4v) is 7.71. The summed E-state index contributed by atoms with van der Waals surface area (Å²) >= 11 is 0. The second-order valence-corrected chi connectivity index (χ2v) is 26.2. The molecule has 0 aromatic heterocycles.